The van der Waals surface area contributed by atoms with Crippen LogP contribution in [0.2, 0.25) is 0 Å². The predicted molar refractivity (Wildman–Crippen MR) is 106 cm³/mol. The first kappa shape index (κ1) is 19.1. The molecule has 1 aromatic carbocycles. The number of benzene rings is 1. The van der Waals surface area contributed by atoms with Gasteiger partial charge in [-0.15, -0.1) is 10.2 Å². The molecule has 0 bridgehead atoms. The number of nitrogens with zero attached hydrogens (tertiary/aromatic N) is 5. The normalized spacial score (nSPS) is 21.8. The zero-order valence-electron chi connectivity index (χ0n) is 16.6. The largest absolute Gasteiger partial charge is 0.419 e. The summed E-state index contributed by atoms with van der Waals surface area (Å²) in [5, 5.41) is 8.35. The van der Waals surface area contributed by atoms with Gasteiger partial charge >= 0.3 is 0 Å². The maximum atomic E-state index is 12.6. The molecule has 1 amide bonds. The maximum Gasteiger partial charge on any atom is 0.247 e. The summed E-state index contributed by atoms with van der Waals surface area (Å²) in [5.41, 5.74) is 0.941. The molecule has 2 saturated heterocycles. The van der Waals surface area contributed by atoms with Crippen molar-refractivity contribution in [2.24, 2.45) is 0 Å². The molecule has 150 valence electrons. The molecule has 1 aromatic heterocycles. The fourth-order valence-corrected chi connectivity index (χ4v) is 4.06. The first-order valence-electron chi connectivity index (χ1n) is 10.3. The topological polar surface area (TPSA) is 65.7 Å². The molecular weight excluding hydrogens is 354 g/mol. The van der Waals surface area contributed by atoms with E-state index >= 15 is 0 Å². The van der Waals surface area contributed by atoms with Crippen molar-refractivity contribution in [2.45, 2.75) is 38.8 Å². The molecule has 28 heavy (non-hydrogen) atoms. The van der Waals surface area contributed by atoms with Crippen LogP contribution in [0.1, 0.15) is 32.1 Å². The summed E-state index contributed by atoms with van der Waals surface area (Å²) in [6.07, 6.45) is 3.51. The van der Waals surface area contributed by atoms with Crippen LogP contribution >= 0.6 is 0 Å². The number of amides is 1. The molecule has 0 saturated carbocycles. The Balaban J connectivity index is 1.24. The highest BCUT2D eigenvalue weighted by Gasteiger charge is 2.26. The van der Waals surface area contributed by atoms with E-state index < -0.39 is 0 Å². The quantitative estimate of drug-likeness (QED) is 0.789. The van der Waals surface area contributed by atoms with Crippen LogP contribution in [0.4, 0.5) is 0 Å². The molecule has 1 unspecified atom stereocenters. The molecule has 2 aromatic rings. The van der Waals surface area contributed by atoms with E-state index in [9.17, 15) is 4.79 Å². The van der Waals surface area contributed by atoms with Crippen molar-refractivity contribution in [1.82, 2.24) is 24.9 Å². The predicted octanol–water partition coefficient (Wildman–Crippen LogP) is 2.26. The first-order valence-corrected chi connectivity index (χ1v) is 10.3. The molecule has 0 N–H and O–H groups in total. The summed E-state index contributed by atoms with van der Waals surface area (Å²) in [5.74, 6) is 1.49. The molecular formula is C21H29N5O2. The molecule has 2 fully saturated rings. The third-order valence-electron chi connectivity index (χ3n) is 5.79. The molecule has 4 rings (SSSR count). The van der Waals surface area contributed by atoms with Crippen LogP contribution in [-0.2, 0) is 11.3 Å². The molecule has 2 aliphatic rings. The Hall–Kier alpha value is -2.25. The summed E-state index contributed by atoms with van der Waals surface area (Å²) in [4.78, 5) is 19.3. The summed E-state index contributed by atoms with van der Waals surface area (Å²) in [6.45, 7) is 7.89. The third kappa shape index (κ3) is 4.59. The molecule has 2 aliphatic heterocycles. The van der Waals surface area contributed by atoms with Gasteiger partial charge in [0.25, 0.3) is 0 Å². The van der Waals surface area contributed by atoms with Crippen LogP contribution in [0.3, 0.4) is 0 Å². The Morgan fingerprint density at radius 2 is 1.79 bits per heavy atom. The lowest BCUT2D eigenvalue weighted by atomic mass is 10.0. The second kappa shape index (κ2) is 8.84. The number of carbonyl (C=O) groups excluding carboxylic acids is 1. The van der Waals surface area contributed by atoms with E-state index in [0.717, 1.165) is 51.1 Å². The highest BCUT2D eigenvalue weighted by Crippen LogP contribution is 2.19. The Bertz CT molecular complexity index is 770. The smallest absolute Gasteiger partial charge is 0.247 e. The summed E-state index contributed by atoms with van der Waals surface area (Å²) < 4.78 is 5.82. The van der Waals surface area contributed by atoms with Gasteiger partial charge in [-0.25, -0.2) is 0 Å². The van der Waals surface area contributed by atoms with E-state index in [1.54, 1.807) is 0 Å². The number of piperazine rings is 1. The van der Waals surface area contributed by atoms with E-state index in [0.29, 0.717) is 30.9 Å². The standard InChI is InChI=1S/C21H29N5O2/c1-17-7-5-6-10-26(17)20(27)16-25-13-11-24(12-14-25)15-19-22-23-21(28-19)18-8-3-2-4-9-18/h2-4,8-9,17H,5-7,10-16H2,1H3. The number of hydrogen-bond donors (Lipinski definition) is 0. The minimum absolute atomic E-state index is 0.282. The SMILES string of the molecule is CC1CCCCN1C(=O)CN1CCN(Cc2nnc(-c3ccccc3)o2)CC1. The van der Waals surface area contributed by atoms with Gasteiger partial charge in [0.1, 0.15) is 0 Å². The molecule has 0 radical (unpaired) electrons. The first-order chi connectivity index (χ1) is 13.7. The van der Waals surface area contributed by atoms with Crippen molar-refractivity contribution in [3.63, 3.8) is 0 Å². The zero-order chi connectivity index (χ0) is 19.3. The molecule has 1 atom stereocenters. The lowest BCUT2D eigenvalue weighted by Gasteiger charge is -2.37. The van der Waals surface area contributed by atoms with E-state index in [1.807, 2.05) is 30.3 Å². The number of hydrogen-bond acceptors (Lipinski definition) is 6. The van der Waals surface area contributed by atoms with Crippen LogP contribution in [0.5, 0.6) is 0 Å². The average Bonchev–Trinajstić information content (AvgIpc) is 3.19. The van der Waals surface area contributed by atoms with E-state index in [4.69, 9.17) is 4.42 Å². The van der Waals surface area contributed by atoms with Crippen LogP contribution in [0, 0.1) is 0 Å². The lowest BCUT2D eigenvalue weighted by molar-refractivity contribution is -0.136. The highest BCUT2D eigenvalue weighted by molar-refractivity contribution is 5.78. The molecule has 0 aliphatic carbocycles. The second-order valence-corrected chi connectivity index (χ2v) is 7.85. The number of likely N-dealkylation sites (tertiary alicyclic amines) is 1. The van der Waals surface area contributed by atoms with E-state index in [-0.39, 0.29) is 5.91 Å². The lowest BCUT2D eigenvalue weighted by Crippen LogP contribution is -2.51. The Morgan fingerprint density at radius 3 is 2.54 bits per heavy atom. The summed E-state index contributed by atoms with van der Waals surface area (Å²) in [7, 11) is 0. The van der Waals surface area contributed by atoms with Gasteiger partial charge in [-0.3, -0.25) is 14.6 Å². The summed E-state index contributed by atoms with van der Waals surface area (Å²) in [6, 6.07) is 10.2. The third-order valence-corrected chi connectivity index (χ3v) is 5.79. The van der Waals surface area contributed by atoms with Crippen molar-refractivity contribution in [3.05, 3.63) is 36.2 Å². The van der Waals surface area contributed by atoms with Gasteiger partial charge in [-0.1, -0.05) is 18.2 Å². The number of piperidine rings is 1. The van der Waals surface area contributed by atoms with Gasteiger partial charge < -0.3 is 9.32 Å². The van der Waals surface area contributed by atoms with Crippen molar-refractivity contribution >= 4 is 5.91 Å². The maximum absolute atomic E-state index is 12.6. The Morgan fingerprint density at radius 1 is 1.04 bits per heavy atom. The highest BCUT2D eigenvalue weighted by atomic mass is 16.4. The fourth-order valence-electron chi connectivity index (χ4n) is 4.06. The number of aromatic nitrogens is 2. The Kier molecular flexibility index (Phi) is 6.02. The number of carbonyl (C=O) groups is 1. The average molecular weight is 383 g/mol. The van der Waals surface area contributed by atoms with Crippen molar-refractivity contribution in [1.29, 1.82) is 0 Å². The molecule has 7 heteroatoms. The van der Waals surface area contributed by atoms with Gasteiger partial charge in [0.15, 0.2) is 0 Å². The van der Waals surface area contributed by atoms with Gasteiger partial charge in [-0.2, -0.15) is 0 Å². The van der Waals surface area contributed by atoms with Gasteiger partial charge in [0.05, 0.1) is 13.1 Å². The Labute approximate surface area is 166 Å². The van der Waals surface area contributed by atoms with E-state index in [1.165, 1.54) is 6.42 Å². The monoisotopic (exact) mass is 383 g/mol. The number of rotatable bonds is 5. The van der Waals surface area contributed by atoms with Crippen LogP contribution < -0.4 is 0 Å². The minimum Gasteiger partial charge on any atom is -0.419 e. The van der Waals surface area contributed by atoms with Crippen LogP contribution in [0.15, 0.2) is 34.7 Å². The zero-order valence-corrected chi connectivity index (χ0v) is 16.6. The second-order valence-electron chi connectivity index (χ2n) is 7.85. The molecule has 3 heterocycles. The van der Waals surface area contributed by atoms with Gasteiger partial charge in [-0.05, 0) is 38.3 Å². The van der Waals surface area contributed by atoms with Gasteiger partial charge in [0, 0.05) is 44.3 Å². The van der Waals surface area contributed by atoms with Crippen LogP contribution in [0.25, 0.3) is 11.5 Å². The summed E-state index contributed by atoms with van der Waals surface area (Å²) >= 11 is 0. The molecule has 7 nitrogen and oxygen atoms in total. The van der Waals surface area contributed by atoms with Crippen molar-refractivity contribution in [3.8, 4) is 11.5 Å². The molecule has 0 spiro atoms. The van der Waals surface area contributed by atoms with Gasteiger partial charge in [0.2, 0.25) is 17.7 Å². The van der Waals surface area contributed by atoms with Crippen LogP contribution in [-0.4, -0.2) is 76.1 Å². The fraction of sp³-hybridized carbons (Fsp3) is 0.571. The van der Waals surface area contributed by atoms with Crippen molar-refractivity contribution in [2.75, 3.05) is 39.3 Å². The van der Waals surface area contributed by atoms with E-state index in [2.05, 4.69) is 31.8 Å². The van der Waals surface area contributed by atoms with Crippen molar-refractivity contribution < 1.29 is 9.21 Å². The minimum atomic E-state index is 0.282.